The SMILES string of the molecule is CN(Cc1ccc(Cl)s1)S(=O)(=O)c1cc(N)cc(F)c1. The van der Waals surface area contributed by atoms with Crippen LogP contribution in [0.15, 0.2) is 35.2 Å². The highest BCUT2D eigenvalue weighted by Crippen LogP contribution is 2.25. The van der Waals surface area contributed by atoms with Crippen LogP contribution in [0.3, 0.4) is 0 Å². The molecule has 0 aliphatic heterocycles. The van der Waals surface area contributed by atoms with Gasteiger partial charge in [-0.25, -0.2) is 12.8 Å². The van der Waals surface area contributed by atoms with Crippen molar-refractivity contribution in [1.29, 1.82) is 0 Å². The van der Waals surface area contributed by atoms with Gasteiger partial charge < -0.3 is 5.73 Å². The molecule has 108 valence electrons. The van der Waals surface area contributed by atoms with Crippen LogP contribution in [0, 0.1) is 5.82 Å². The lowest BCUT2D eigenvalue weighted by Crippen LogP contribution is -2.26. The van der Waals surface area contributed by atoms with E-state index < -0.39 is 15.8 Å². The van der Waals surface area contributed by atoms with E-state index in [2.05, 4.69) is 0 Å². The lowest BCUT2D eigenvalue weighted by atomic mass is 10.3. The summed E-state index contributed by atoms with van der Waals surface area (Å²) >= 11 is 7.10. The Bertz CT molecular complexity index is 711. The van der Waals surface area contributed by atoms with Gasteiger partial charge in [0.05, 0.1) is 9.23 Å². The number of anilines is 1. The fourth-order valence-corrected chi connectivity index (χ4v) is 4.09. The fraction of sp³-hybridized carbons (Fsp3) is 0.167. The first kappa shape index (κ1) is 15.2. The number of hydrogen-bond donors (Lipinski definition) is 1. The van der Waals surface area contributed by atoms with Gasteiger partial charge in [0.25, 0.3) is 0 Å². The Morgan fingerprint density at radius 1 is 1.35 bits per heavy atom. The van der Waals surface area contributed by atoms with Gasteiger partial charge in [0.15, 0.2) is 0 Å². The smallest absolute Gasteiger partial charge is 0.243 e. The summed E-state index contributed by atoms with van der Waals surface area (Å²) in [4.78, 5) is 0.630. The fourth-order valence-electron chi connectivity index (χ4n) is 1.65. The minimum atomic E-state index is -3.80. The molecule has 0 amide bonds. The van der Waals surface area contributed by atoms with E-state index >= 15 is 0 Å². The molecule has 4 nitrogen and oxygen atoms in total. The Morgan fingerprint density at radius 2 is 2.05 bits per heavy atom. The minimum absolute atomic E-state index is 0.0659. The quantitative estimate of drug-likeness (QED) is 0.874. The molecular formula is C12H12ClFN2O2S2. The second-order valence-electron chi connectivity index (χ2n) is 4.19. The molecule has 0 radical (unpaired) electrons. The van der Waals surface area contributed by atoms with E-state index in [1.165, 1.54) is 24.5 Å². The van der Waals surface area contributed by atoms with Crippen molar-refractivity contribution in [3.63, 3.8) is 0 Å². The first-order chi connectivity index (χ1) is 9.29. The van der Waals surface area contributed by atoms with Crippen molar-refractivity contribution in [2.24, 2.45) is 0 Å². The zero-order valence-electron chi connectivity index (χ0n) is 10.5. The second kappa shape index (κ2) is 5.69. The topological polar surface area (TPSA) is 63.4 Å². The zero-order valence-corrected chi connectivity index (χ0v) is 12.9. The van der Waals surface area contributed by atoms with Gasteiger partial charge in [0.1, 0.15) is 5.82 Å². The van der Waals surface area contributed by atoms with Crippen LogP contribution < -0.4 is 5.73 Å². The van der Waals surface area contributed by atoms with Crippen LogP contribution in [0.2, 0.25) is 4.34 Å². The highest BCUT2D eigenvalue weighted by Gasteiger charge is 2.22. The third kappa shape index (κ3) is 3.29. The second-order valence-corrected chi connectivity index (χ2v) is 8.03. The van der Waals surface area contributed by atoms with Gasteiger partial charge in [-0.3, -0.25) is 0 Å². The first-order valence-corrected chi connectivity index (χ1v) is 8.19. The molecule has 1 aromatic heterocycles. The summed E-state index contributed by atoms with van der Waals surface area (Å²) in [7, 11) is -2.38. The number of nitrogens with two attached hydrogens (primary N) is 1. The van der Waals surface area contributed by atoms with E-state index in [9.17, 15) is 12.8 Å². The number of sulfonamides is 1. The number of nitrogen functional groups attached to an aromatic ring is 1. The summed E-state index contributed by atoms with van der Waals surface area (Å²) in [5.74, 6) is -0.684. The lowest BCUT2D eigenvalue weighted by Gasteiger charge is -2.16. The van der Waals surface area contributed by atoms with E-state index in [0.29, 0.717) is 4.34 Å². The molecule has 0 aliphatic rings. The highest BCUT2D eigenvalue weighted by molar-refractivity contribution is 7.89. The molecule has 8 heteroatoms. The number of benzene rings is 1. The predicted octanol–water partition coefficient (Wildman–Crippen LogP) is 2.94. The van der Waals surface area contributed by atoms with Crippen molar-refractivity contribution in [3.8, 4) is 0 Å². The summed E-state index contributed by atoms with van der Waals surface area (Å²) in [6.45, 7) is 0.163. The van der Waals surface area contributed by atoms with Crippen LogP contribution in [0.1, 0.15) is 4.88 Å². The van der Waals surface area contributed by atoms with Crippen molar-refractivity contribution in [2.75, 3.05) is 12.8 Å². The summed E-state index contributed by atoms with van der Waals surface area (Å²) in [5.41, 5.74) is 5.54. The predicted molar refractivity (Wildman–Crippen MR) is 78.8 cm³/mol. The maximum atomic E-state index is 13.3. The van der Waals surface area contributed by atoms with Crippen LogP contribution in [0.5, 0.6) is 0 Å². The average molecular weight is 335 g/mol. The Balaban J connectivity index is 2.29. The molecule has 0 unspecified atom stereocenters. The van der Waals surface area contributed by atoms with Crippen molar-refractivity contribution < 1.29 is 12.8 Å². The van der Waals surface area contributed by atoms with Crippen LogP contribution in [-0.4, -0.2) is 19.8 Å². The molecule has 0 fully saturated rings. The number of rotatable bonds is 4. The van der Waals surface area contributed by atoms with Gasteiger partial charge >= 0.3 is 0 Å². The Labute approximate surface area is 125 Å². The summed E-state index contributed by atoms with van der Waals surface area (Å²) < 4.78 is 39.6. The van der Waals surface area contributed by atoms with Gasteiger partial charge in [-0.05, 0) is 30.3 Å². The largest absolute Gasteiger partial charge is 0.399 e. The van der Waals surface area contributed by atoms with Gasteiger partial charge in [-0.15, -0.1) is 11.3 Å². The molecule has 0 spiro atoms. The molecule has 2 N–H and O–H groups in total. The maximum absolute atomic E-state index is 13.3. The van der Waals surface area contributed by atoms with Gasteiger partial charge in [0, 0.05) is 24.2 Å². The molecule has 20 heavy (non-hydrogen) atoms. The molecule has 2 rings (SSSR count). The molecule has 0 aliphatic carbocycles. The number of nitrogens with zero attached hydrogens (tertiary/aromatic N) is 1. The first-order valence-electron chi connectivity index (χ1n) is 5.55. The molecule has 1 heterocycles. The molecule has 2 aromatic rings. The van der Waals surface area contributed by atoms with Crippen molar-refractivity contribution >= 4 is 38.6 Å². The van der Waals surface area contributed by atoms with Gasteiger partial charge in [-0.2, -0.15) is 4.31 Å². The van der Waals surface area contributed by atoms with E-state index in [-0.39, 0.29) is 17.1 Å². The van der Waals surface area contributed by atoms with Crippen molar-refractivity contribution in [3.05, 3.63) is 45.4 Å². The van der Waals surface area contributed by atoms with Crippen LogP contribution in [0.4, 0.5) is 10.1 Å². The third-order valence-electron chi connectivity index (χ3n) is 2.61. The number of hydrogen-bond acceptors (Lipinski definition) is 4. The summed E-state index contributed by atoms with van der Waals surface area (Å²) in [6, 6.07) is 6.69. The molecule has 0 saturated heterocycles. The van der Waals surface area contributed by atoms with Crippen LogP contribution in [-0.2, 0) is 16.6 Å². The normalized spacial score (nSPS) is 12.0. The monoisotopic (exact) mass is 334 g/mol. The van der Waals surface area contributed by atoms with E-state index in [0.717, 1.165) is 21.3 Å². The van der Waals surface area contributed by atoms with Crippen molar-refractivity contribution in [2.45, 2.75) is 11.4 Å². The maximum Gasteiger partial charge on any atom is 0.243 e. The highest BCUT2D eigenvalue weighted by atomic mass is 35.5. The molecule has 0 saturated carbocycles. The Hall–Kier alpha value is -1.15. The number of halogens is 2. The van der Waals surface area contributed by atoms with Gasteiger partial charge in [0.2, 0.25) is 10.0 Å². The van der Waals surface area contributed by atoms with Crippen LogP contribution >= 0.6 is 22.9 Å². The Morgan fingerprint density at radius 3 is 2.60 bits per heavy atom. The molecule has 1 aromatic carbocycles. The molecule has 0 bridgehead atoms. The van der Waals surface area contributed by atoms with E-state index in [1.54, 1.807) is 12.1 Å². The third-order valence-corrected chi connectivity index (χ3v) is 5.61. The van der Waals surface area contributed by atoms with E-state index in [4.69, 9.17) is 17.3 Å². The van der Waals surface area contributed by atoms with E-state index in [1.807, 2.05) is 0 Å². The van der Waals surface area contributed by atoms with Crippen molar-refractivity contribution in [1.82, 2.24) is 4.31 Å². The zero-order chi connectivity index (χ0) is 14.9. The average Bonchev–Trinajstić information content (AvgIpc) is 2.73. The summed E-state index contributed by atoms with van der Waals surface area (Å²) in [6.07, 6.45) is 0. The van der Waals surface area contributed by atoms with Gasteiger partial charge in [-0.1, -0.05) is 11.6 Å². The summed E-state index contributed by atoms with van der Waals surface area (Å²) in [5, 5.41) is 0. The van der Waals surface area contributed by atoms with Crippen LogP contribution in [0.25, 0.3) is 0 Å². The molecular weight excluding hydrogens is 323 g/mol. The lowest BCUT2D eigenvalue weighted by molar-refractivity contribution is 0.469. The Kier molecular flexibility index (Phi) is 4.33. The number of thiophene rings is 1. The molecule has 0 atom stereocenters. The standard InChI is InChI=1S/C12H12ClFN2O2S2/c1-16(7-10-2-3-12(13)19-10)20(17,18)11-5-8(14)4-9(15)6-11/h2-6H,7,15H2,1H3. The minimum Gasteiger partial charge on any atom is -0.399 e.